The van der Waals surface area contributed by atoms with Crippen LogP contribution in [-0.2, 0) is 37.6 Å². The molecule has 11 nitrogen and oxygen atoms in total. The molecule has 0 unspecified atom stereocenters. The molecule has 3 rings (SSSR count). The van der Waals surface area contributed by atoms with Gasteiger partial charge in [0.25, 0.3) is 5.91 Å². The van der Waals surface area contributed by atoms with Gasteiger partial charge >= 0.3 is 13.7 Å². The van der Waals surface area contributed by atoms with Gasteiger partial charge in [-0.3, -0.25) is 9.32 Å². The lowest BCUT2D eigenvalue weighted by Crippen LogP contribution is -2.67. The number of phosphoric acid groups is 1. The Kier molecular flexibility index (Phi) is 38.1. The molecule has 6 atom stereocenters. The van der Waals surface area contributed by atoms with Crippen molar-refractivity contribution in [2.24, 2.45) is 0 Å². The van der Waals surface area contributed by atoms with Crippen molar-refractivity contribution in [2.45, 2.75) is 269 Å². The van der Waals surface area contributed by atoms with Crippen LogP contribution in [0.25, 0.3) is 0 Å². The van der Waals surface area contributed by atoms with Gasteiger partial charge in [-0.25, -0.2) is 4.57 Å². The lowest BCUT2D eigenvalue weighted by Gasteiger charge is -2.46. The van der Waals surface area contributed by atoms with Crippen molar-refractivity contribution in [3.63, 3.8) is 0 Å². The first kappa shape index (κ1) is 67.4. The zero-order valence-corrected chi connectivity index (χ0v) is 48.7. The van der Waals surface area contributed by atoms with E-state index in [2.05, 4.69) is 32.7 Å². The molecule has 76 heavy (non-hydrogen) atoms. The van der Waals surface area contributed by atoms with Crippen molar-refractivity contribution < 1.29 is 55.4 Å². The average molecular weight is 1090 g/mol. The second kappa shape index (κ2) is 43.0. The molecule has 1 aliphatic heterocycles. The van der Waals surface area contributed by atoms with Crippen molar-refractivity contribution in [2.75, 3.05) is 33.5 Å². The smallest absolute Gasteiger partial charge is 0.395 e. The van der Waals surface area contributed by atoms with Gasteiger partial charge in [0.15, 0.2) is 6.29 Å². The molecule has 0 aliphatic carbocycles. The van der Waals surface area contributed by atoms with E-state index >= 15 is 13.3 Å². The van der Waals surface area contributed by atoms with Crippen LogP contribution in [0.15, 0.2) is 73.3 Å². The molecule has 14 heteroatoms. The van der Waals surface area contributed by atoms with Gasteiger partial charge in [-0.2, -0.15) is 8.78 Å². The summed E-state index contributed by atoms with van der Waals surface area (Å²) in [5.41, 5.74) is 0. The number of hydrogen-bond acceptors (Lipinski definition) is 10. The molecule has 1 N–H and O–H groups in total. The van der Waals surface area contributed by atoms with Crippen LogP contribution in [0, 0.1) is 0 Å². The van der Waals surface area contributed by atoms with Crippen molar-refractivity contribution in [3.8, 4) is 11.5 Å². The minimum Gasteiger partial charge on any atom is -0.395 e. The maximum absolute atomic E-state index is 16.1. The number of methoxy groups -OCH3 is 1. The van der Waals surface area contributed by atoms with E-state index in [9.17, 15) is 4.79 Å². The molecule has 436 valence electrons. The summed E-state index contributed by atoms with van der Waals surface area (Å²) in [6, 6.07) is 15.5. The molecule has 2 aromatic rings. The lowest BCUT2D eigenvalue weighted by atomic mass is 9.95. The first-order chi connectivity index (χ1) is 37.1. The van der Waals surface area contributed by atoms with Gasteiger partial charge in [0.1, 0.15) is 35.9 Å². The number of phosphoric ester groups is 1. The summed E-state index contributed by atoms with van der Waals surface area (Å²) in [7, 11) is -3.20. The molecule has 0 radical (unpaired) electrons. The third-order valence-corrected chi connectivity index (χ3v) is 15.6. The Hall–Kier alpha value is -2.90. The average Bonchev–Trinajstić information content (AvgIpc) is 3.42. The number of nitrogens with one attached hydrogen (secondary N) is 1. The first-order valence-corrected chi connectivity index (χ1v) is 31.6. The standard InChI is InChI=1S/C62H104F2NO10P/c1-6-10-13-16-19-22-25-28-31-40-48-62(63,64)61(66)65-57-59(70-51-47-53(42-35-30-27-24-21-18-15-12-8-3)69-50-41-32-29-26-23-20-17-14-11-7-2)58(56(52-68-5)72-60(57)71-49-9-4)75-76(67,73-54-43-36-33-37-44-54)74-55-45-38-34-39-46-55/h9,33-34,36-39,43-46,53,56-60H,4,6-8,10-32,35,40-42,47-52H2,1-3,5H3,(H,65,66)/t53-,56-,57-,58-,59-,60+/m1/s1. The van der Waals surface area contributed by atoms with Crippen molar-refractivity contribution >= 4 is 13.7 Å². The minimum atomic E-state index is -4.68. The Morgan fingerprint density at radius 1 is 0.632 bits per heavy atom. The molecular weight excluding hydrogens is 988 g/mol. The number of ether oxygens (including phenoxy) is 5. The number of halogens is 2. The lowest BCUT2D eigenvalue weighted by molar-refractivity contribution is -0.273. The van der Waals surface area contributed by atoms with Crippen LogP contribution in [0.3, 0.4) is 0 Å². The summed E-state index contributed by atoms with van der Waals surface area (Å²) >= 11 is 0. The van der Waals surface area contributed by atoms with Crippen LogP contribution in [-0.4, -0.2) is 82.1 Å². The highest BCUT2D eigenvalue weighted by molar-refractivity contribution is 7.49. The Balaban J connectivity index is 1.91. The summed E-state index contributed by atoms with van der Waals surface area (Å²) in [5, 5.41) is 2.59. The normalized spacial score (nSPS) is 18.4. The quantitative estimate of drug-likeness (QED) is 0.0390. The van der Waals surface area contributed by atoms with Crippen molar-refractivity contribution in [1.82, 2.24) is 5.32 Å². The van der Waals surface area contributed by atoms with E-state index in [1.165, 1.54) is 135 Å². The van der Waals surface area contributed by atoms with E-state index in [4.69, 9.17) is 37.3 Å². The maximum Gasteiger partial charge on any atom is 0.588 e. The molecule has 0 aromatic heterocycles. The second-order valence-electron chi connectivity index (χ2n) is 21.0. The summed E-state index contributed by atoms with van der Waals surface area (Å²) in [6.45, 7) is 11.0. The van der Waals surface area contributed by atoms with Gasteiger partial charge in [-0.1, -0.05) is 237 Å². The number of unbranched alkanes of at least 4 members (excludes halogenated alkanes) is 26. The Bertz CT molecular complexity index is 1700. The number of alkyl halides is 2. The third-order valence-electron chi connectivity index (χ3n) is 14.2. The zero-order chi connectivity index (χ0) is 54.8. The van der Waals surface area contributed by atoms with Crippen molar-refractivity contribution in [1.29, 1.82) is 0 Å². The van der Waals surface area contributed by atoms with Crippen molar-refractivity contribution in [3.05, 3.63) is 73.3 Å². The summed E-state index contributed by atoms with van der Waals surface area (Å²) in [4.78, 5) is 14.0. The van der Waals surface area contributed by atoms with E-state index in [1.54, 1.807) is 60.7 Å². The Morgan fingerprint density at radius 3 is 1.57 bits per heavy atom. The summed E-state index contributed by atoms with van der Waals surface area (Å²) < 4.78 is 97.7. The molecule has 0 bridgehead atoms. The monoisotopic (exact) mass is 1090 g/mol. The highest BCUT2D eigenvalue weighted by Gasteiger charge is 2.54. The number of para-hydroxylation sites is 2. The topological polar surface area (TPSA) is 120 Å². The molecule has 0 spiro atoms. The molecule has 1 heterocycles. The largest absolute Gasteiger partial charge is 0.588 e. The predicted octanol–water partition coefficient (Wildman–Crippen LogP) is 17.6. The van der Waals surface area contributed by atoms with Crippen LogP contribution in [0.2, 0.25) is 0 Å². The highest BCUT2D eigenvalue weighted by Crippen LogP contribution is 2.52. The van der Waals surface area contributed by atoms with Gasteiger partial charge in [0, 0.05) is 26.7 Å². The number of hydrogen-bond donors (Lipinski definition) is 1. The van der Waals surface area contributed by atoms with E-state index in [-0.39, 0.29) is 43.8 Å². The number of rotatable bonds is 50. The fourth-order valence-corrected chi connectivity index (χ4v) is 11.2. The second-order valence-corrected chi connectivity index (χ2v) is 22.5. The number of carbonyl (C=O) groups is 1. The third kappa shape index (κ3) is 29.9. The number of benzene rings is 2. The molecular formula is C62H104F2NO10P. The summed E-state index contributed by atoms with van der Waals surface area (Å²) in [5.74, 6) is -4.82. The minimum absolute atomic E-state index is 0.0374. The van der Waals surface area contributed by atoms with Crippen LogP contribution >= 0.6 is 7.82 Å². The van der Waals surface area contributed by atoms with Crippen LogP contribution < -0.4 is 14.4 Å². The van der Waals surface area contributed by atoms with Crippen LogP contribution in [0.4, 0.5) is 8.78 Å². The van der Waals surface area contributed by atoms with E-state index < -0.39 is 56.7 Å². The fourth-order valence-electron chi connectivity index (χ4n) is 9.79. The SMILES string of the molecule is C=CCO[C@H]1O[C@H](COC)[C@@H](OP(=O)(Oc2ccccc2)Oc2ccccc2)[C@H](OCC[C@@H](CCCCCCCCCCC)OCCCCCCCCCCCC)[C@H]1NC(=O)C(F)(F)CCCCCCCCCCCC. The molecule has 0 saturated carbocycles. The van der Waals surface area contributed by atoms with Gasteiger partial charge < -0.3 is 38.0 Å². The summed E-state index contributed by atoms with van der Waals surface area (Å²) in [6.07, 6.45) is 29.8. The van der Waals surface area contributed by atoms with Gasteiger partial charge in [-0.15, -0.1) is 6.58 Å². The highest BCUT2D eigenvalue weighted by atomic mass is 31.2. The van der Waals surface area contributed by atoms with E-state index in [0.717, 1.165) is 57.8 Å². The molecule has 1 fully saturated rings. The van der Waals surface area contributed by atoms with Gasteiger partial charge in [0.2, 0.25) is 0 Å². The fraction of sp³-hybridized carbons (Fsp3) is 0.758. The molecule has 1 aliphatic rings. The van der Waals surface area contributed by atoms with Gasteiger partial charge in [-0.05, 0) is 49.9 Å². The predicted molar refractivity (Wildman–Crippen MR) is 304 cm³/mol. The van der Waals surface area contributed by atoms with Crippen LogP contribution in [0.1, 0.15) is 226 Å². The van der Waals surface area contributed by atoms with E-state index in [1.807, 2.05) is 0 Å². The number of carbonyl (C=O) groups excluding carboxylic acids is 1. The molecule has 1 amide bonds. The molecule has 1 saturated heterocycles. The Morgan fingerprint density at radius 2 is 1.09 bits per heavy atom. The maximum atomic E-state index is 16.1. The van der Waals surface area contributed by atoms with Crippen LogP contribution in [0.5, 0.6) is 11.5 Å². The zero-order valence-electron chi connectivity index (χ0n) is 47.8. The first-order valence-electron chi connectivity index (χ1n) is 30.2. The number of amides is 1. The van der Waals surface area contributed by atoms with Gasteiger partial charge in [0.05, 0.1) is 19.3 Å². The van der Waals surface area contributed by atoms with E-state index in [0.29, 0.717) is 19.4 Å². The Labute approximate surface area is 460 Å². The molecule has 2 aromatic carbocycles.